The van der Waals surface area contributed by atoms with E-state index in [4.69, 9.17) is 14.2 Å². The maximum absolute atomic E-state index is 14.6. The first-order valence-electron chi connectivity index (χ1n) is 27.4. The van der Waals surface area contributed by atoms with Crippen LogP contribution in [0.1, 0.15) is 144 Å². The number of alkyl carbamates (subject to hydrolysis) is 1. The Bertz CT molecular complexity index is 2250. The summed E-state index contributed by atoms with van der Waals surface area (Å²) in [7, 11) is 4.70. The van der Waals surface area contributed by atoms with Crippen molar-refractivity contribution in [3.63, 3.8) is 0 Å². The first-order chi connectivity index (χ1) is 36.0. The summed E-state index contributed by atoms with van der Waals surface area (Å²) in [6.45, 7) is 17.2. The van der Waals surface area contributed by atoms with Crippen LogP contribution in [-0.4, -0.2) is 144 Å². The van der Waals surface area contributed by atoms with Crippen LogP contribution in [0.4, 0.5) is 4.79 Å². The van der Waals surface area contributed by atoms with Gasteiger partial charge in [0.15, 0.2) is 0 Å². The van der Waals surface area contributed by atoms with Crippen molar-refractivity contribution in [2.24, 2.45) is 29.6 Å². The molecule has 4 N–H and O–H groups in total. The largest absolute Gasteiger partial charge is 0.445 e. The molecule has 1 unspecified atom stereocenters. The molecule has 76 heavy (non-hydrogen) atoms. The summed E-state index contributed by atoms with van der Waals surface area (Å²) in [4.78, 5) is 111. The molecule has 0 spiro atoms. The maximum atomic E-state index is 14.6. The highest BCUT2D eigenvalue weighted by Gasteiger charge is 2.44. The number of ketones is 1. The highest BCUT2D eigenvalue weighted by molar-refractivity contribution is 6.03. The van der Waals surface area contributed by atoms with Gasteiger partial charge in [-0.1, -0.05) is 123 Å². The number of unbranched alkanes of at least 4 members (excludes halogenated alkanes) is 2. The number of methoxy groups -OCH3 is 2. The molecule has 2 aliphatic heterocycles. The lowest BCUT2D eigenvalue weighted by Gasteiger charge is -2.41. The molecule has 0 aromatic heterocycles. The third kappa shape index (κ3) is 17.4. The van der Waals surface area contributed by atoms with Gasteiger partial charge in [-0.05, 0) is 67.1 Å². The fraction of sp³-hybridized carbons (Fsp3) is 0.655. The summed E-state index contributed by atoms with van der Waals surface area (Å²) in [5.74, 6) is -3.45. The lowest BCUT2D eigenvalue weighted by molar-refractivity contribution is -0.148. The predicted molar refractivity (Wildman–Crippen MR) is 290 cm³/mol. The van der Waals surface area contributed by atoms with E-state index in [0.29, 0.717) is 62.7 Å². The molecule has 0 bridgehead atoms. The number of carbonyl (C=O) groups excluding carboxylic acids is 8. The summed E-state index contributed by atoms with van der Waals surface area (Å²) in [5, 5.41) is 19.4. The van der Waals surface area contributed by atoms with Gasteiger partial charge in [-0.15, -0.1) is 0 Å². The lowest BCUT2D eigenvalue weighted by atomic mass is 9.89. The number of nitrogens with zero attached hydrogens (tertiary/aromatic N) is 3. The first kappa shape index (κ1) is 62.8. The van der Waals surface area contributed by atoms with Crippen molar-refractivity contribution in [1.82, 2.24) is 30.7 Å². The van der Waals surface area contributed by atoms with Crippen LogP contribution in [0.25, 0.3) is 0 Å². The molecule has 18 nitrogen and oxygen atoms in total. The molecule has 4 rings (SSSR count). The Hall–Kier alpha value is -5.72. The van der Waals surface area contributed by atoms with Crippen LogP contribution in [0.15, 0.2) is 54.6 Å². The van der Waals surface area contributed by atoms with Crippen molar-refractivity contribution < 1.29 is 59.1 Å². The van der Waals surface area contributed by atoms with Crippen LogP contribution in [0.3, 0.4) is 0 Å². The van der Waals surface area contributed by atoms with E-state index in [2.05, 4.69) is 16.0 Å². The highest BCUT2D eigenvalue weighted by atomic mass is 16.5. The number of benzene rings is 2. The van der Waals surface area contributed by atoms with Crippen LogP contribution < -0.4 is 16.0 Å². The van der Waals surface area contributed by atoms with E-state index in [0.717, 1.165) is 12.0 Å². The van der Waals surface area contributed by atoms with Crippen LogP contribution >= 0.6 is 0 Å². The molecule has 0 saturated carbocycles. The van der Waals surface area contributed by atoms with E-state index < -0.39 is 66.4 Å². The first-order valence-corrected chi connectivity index (χ1v) is 27.4. The van der Waals surface area contributed by atoms with Crippen molar-refractivity contribution >= 4 is 47.3 Å². The van der Waals surface area contributed by atoms with E-state index in [1.807, 2.05) is 45.9 Å². The molecule has 2 fully saturated rings. The third-order valence-corrected chi connectivity index (χ3v) is 15.3. The topological polar surface area (TPSA) is 230 Å². The zero-order chi connectivity index (χ0) is 56.4. The number of likely N-dealkylation sites (N-methyl/N-ethyl adjacent to an activating group) is 1. The Kier molecular flexibility index (Phi) is 25.0. The molecular weight excluding hydrogens is 973 g/mol. The molecule has 0 radical (unpaired) electrons. The minimum atomic E-state index is -1.05. The second-order valence-electron chi connectivity index (χ2n) is 21.7. The van der Waals surface area contributed by atoms with E-state index >= 15 is 0 Å². The fourth-order valence-electron chi connectivity index (χ4n) is 10.4. The Morgan fingerprint density at radius 2 is 1.46 bits per heavy atom. The Morgan fingerprint density at radius 3 is 2.04 bits per heavy atom. The minimum absolute atomic E-state index is 0. The molecule has 18 heteroatoms. The van der Waals surface area contributed by atoms with Crippen LogP contribution in [0.5, 0.6) is 0 Å². The number of aliphatic hydroxyl groups excluding tert-OH is 1. The summed E-state index contributed by atoms with van der Waals surface area (Å²) in [6.07, 6.45) is 1.76. The summed E-state index contributed by atoms with van der Waals surface area (Å²) >= 11 is 0. The highest BCUT2D eigenvalue weighted by Crippen LogP contribution is 2.30. The quantitative estimate of drug-likeness (QED) is 0.0482. The van der Waals surface area contributed by atoms with Gasteiger partial charge < -0.3 is 45.1 Å². The predicted octanol–water partition coefficient (Wildman–Crippen LogP) is 6.55. The average molecular weight is 1060 g/mol. The van der Waals surface area contributed by atoms with Crippen molar-refractivity contribution in [3.8, 4) is 0 Å². The molecular formula is C58H90N6O12. The number of rotatable bonds is 30. The van der Waals surface area contributed by atoms with Crippen molar-refractivity contribution in [2.75, 3.05) is 34.4 Å². The van der Waals surface area contributed by atoms with Crippen LogP contribution in [0, 0.1) is 29.6 Å². The van der Waals surface area contributed by atoms with Crippen LogP contribution in [0.2, 0.25) is 0 Å². The Morgan fingerprint density at radius 1 is 0.816 bits per heavy atom. The summed E-state index contributed by atoms with van der Waals surface area (Å²) in [6, 6.07) is 12.6. The van der Waals surface area contributed by atoms with E-state index in [-0.39, 0.29) is 86.3 Å². The number of nitrogens with one attached hydrogen (secondary N) is 3. The lowest BCUT2D eigenvalue weighted by Crippen LogP contribution is -2.60. The van der Waals surface area contributed by atoms with Crippen molar-refractivity contribution in [3.05, 3.63) is 71.3 Å². The standard InChI is InChI=1S/C58H88N6O12.H2/c1-13-37(6)51(46(74-11)33-48(67)63-30-20-24-45(63)53(75-12)39(8)54(69)59-40(9)52(68)43-21-16-14-17-22-43)62(10)57(72)50(36(4)5)60-55(70)49(35(2)3)61-58(73)76-34-42-27-25-41(26-28-42)32-44(65)23-18-15-19-29-64-47(66)31-38(7)56(64)71;/h14,16-17,21-22,25-28,35-40,45-46,49-53,68H,13,15,18-20,23-24,29-34H2,1-12H3,(H,59,69)(H,60,70)(H,61,73);1H/t37-,38?,39+,40+,45-,46+,49-,50-,51-,52+,53+;/m0./s1. The molecule has 2 heterocycles. The molecule has 2 aromatic carbocycles. The molecule has 0 aliphatic carbocycles. The van der Waals surface area contributed by atoms with Gasteiger partial charge in [0.05, 0.1) is 48.8 Å². The minimum Gasteiger partial charge on any atom is -0.445 e. The zero-order valence-corrected chi connectivity index (χ0v) is 47.2. The SMILES string of the molecule is CC[C@H](C)[C@@H]([C@@H](CC(=O)N1CCC[C@H]1[C@H](OC)[C@@H](C)C(=O)N[C@H](C)[C@@H](O)c1ccccc1)OC)N(C)C(=O)[C@@H](NC(=O)[C@@H](NC(=O)OCc1ccc(CC(=O)CCCCCN2C(=O)CC(C)C2=O)cc1)C(C)C)C(C)C.[HH]. The van der Waals surface area contributed by atoms with E-state index in [1.54, 1.807) is 87.9 Å². The molecule has 424 valence electrons. The molecule has 11 atom stereocenters. The number of hydrogen-bond donors (Lipinski definition) is 4. The van der Waals surface area contributed by atoms with Gasteiger partial charge in [0.25, 0.3) is 0 Å². The number of amides is 7. The Labute approximate surface area is 452 Å². The number of hydrogen-bond acceptors (Lipinski definition) is 12. The number of Topliss-reactive ketones (excluding diaryl/α,β-unsaturated/α-hetero) is 1. The van der Waals surface area contributed by atoms with Gasteiger partial charge in [-0.25, -0.2) is 4.79 Å². The molecule has 2 aliphatic rings. The molecule has 7 amide bonds. The van der Waals surface area contributed by atoms with Gasteiger partial charge in [0.1, 0.15) is 24.5 Å². The van der Waals surface area contributed by atoms with Gasteiger partial charge >= 0.3 is 6.09 Å². The normalized spacial score (nSPS) is 19.3. The molecule has 2 aromatic rings. The van der Waals surface area contributed by atoms with Crippen molar-refractivity contribution in [1.29, 1.82) is 0 Å². The second kappa shape index (κ2) is 30.3. The Balaban J connectivity index is 0.0000156. The third-order valence-electron chi connectivity index (χ3n) is 15.3. The fourth-order valence-corrected chi connectivity index (χ4v) is 10.4. The summed E-state index contributed by atoms with van der Waals surface area (Å²) in [5.41, 5.74) is 2.17. The summed E-state index contributed by atoms with van der Waals surface area (Å²) < 4.78 is 17.5. The average Bonchev–Trinajstić information content (AvgIpc) is 3.98. The number of aliphatic hydroxyl groups is 1. The van der Waals surface area contributed by atoms with Gasteiger partial charge in [0.2, 0.25) is 35.4 Å². The zero-order valence-electron chi connectivity index (χ0n) is 47.2. The number of imide groups is 1. The monoisotopic (exact) mass is 1060 g/mol. The van der Waals surface area contributed by atoms with Gasteiger partial charge in [-0.3, -0.25) is 38.5 Å². The number of likely N-dealkylation sites (tertiary alicyclic amines) is 2. The molecule has 2 saturated heterocycles. The number of ether oxygens (including phenoxy) is 3. The van der Waals surface area contributed by atoms with E-state index in [9.17, 15) is 43.5 Å². The smallest absolute Gasteiger partial charge is 0.408 e. The van der Waals surface area contributed by atoms with Gasteiger partial charge in [-0.2, -0.15) is 0 Å². The second-order valence-corrected chi connectivity index (χ2v) is 21.7. The maximum Gasteiger partial charge on any atom is 0.408 e. The van der Waals surface area contributed by atoms with E-state index in [1.165, 1.54) is 19.1 Å². The number of carbonyl (C=O) groups is 8. The van der Waals surface area contributed by atoms with Crippen LogP contribution in [-0.2, 0) is 60.8 Å². The van der Waals surface area contributed by atoms with Crippen molar-refractivity contribution in [2.45, 2.75) is 182 Å². The van der Waals surface area contributed by atoms with Gasteiger partial charge in [0, 0.05) is 61.0 Å².